The fraction of sp³-hybridized carbons (Fsp3) is 0.667. The van der Waals surface area contributed by atoms with Crippen molar-refractivity contribution < 1.29 is 43.7 Å². The molecule has 176 valence electrons. The Balaban J connectivity index is 4.66. The third-order valence-corrected chi connectivity index (χ3v) is 4.83. The first-order valence-corrected chi connectivity index (χ1v) is 10.8. The summed E-state index contributed by atoms with van der Waals surface area (Å²) < 4.78 is 4.84. The zero-order chi connectivity index (χ0) is 23.8. The number of rotatable bonds is 17. The summed E-state index contributed by atoms with van der Waals surface area (Å²) in [5.41, 5.74) is 5.32. The topological polar surface area (TPSA) is 202 Å². The summed E-state index contributed by atoms with van der Waals surface area (Å²) >= 11 is 0.883. The van der Waals surface area contributed by atoms with Gasteiger partial charge in [-0.1, -0.05) is 19.8 Å². The van der Waals surface area contributed by atoms with E-state index in [-0.39, 0.29) is 31.0 Å². The van der Waals surface area contributed by atoms with Gasteiger partial charge in [-0.15, -0.1) is 0 Å². The number of thioether (sulfide) groups is 1. The molecule has 2 atom stereocenters. The quantitative estimate of drug-likeness (QED) is 0.0995. The number of carboxylic acid groups (broad SMARTS) is 2. The normalized spacial score (nSPS) is 12.3. The molecule has 13 heteroatoms. The van der Waals surface area contributed by atoms with Crippen LogP contribution in [0.25, 0.3) is 0 Å². The molecule has 6 N–H and O–H groups in total. The number of hydrogen-bond acceptors (Lipinski definition) is 9. The number of carbonyl (C=O) groups excluding carboxylic acids is 4. The van der Waals surface area contributed by atoms with Crippen LogP contribution in [0.1, 0.15) is 39.0 Å². The Kier molecular flexibility index (Phi) is 14.7. The van der Waals surface area contributed by atoms with E-state index in [1.54, 1.807) is 0 Å². The van der Waals surface area contributed by atoms with Crippen molar-refractivity contribution in [3.8, 4) is 0 Å². The summed E-state index contributed by atoms with van der Waals surface area (Å²) in [6, 6.07) is -2.45. The molecule has 0 aliphatic carbocycles. The van der Waals surface area contributed by atoms with Crippen LogP contribution in [0.4, 0.5) is 0 Å². The monoisotopic (exact) mass is 463 g/mol. The SMILES string of the molecule is CCCCCOC(=O)C(=O)CSCC(NC(=O)CCC(N)C(=O)O)C(=O)NCC(=O)O. The summed E-state index contributed by atoms with van der Waals surface area (Å²) in [6.07, 6.45) is 2.00. The lowest BCUT2D eigenvalue weighted by atomic mass is 10.1. The van der Waals surface area contributed by atoms with Crippen LogP contribution in [0.15, 0.2) is 0 Å². The highest BCUT2D eigenvalue weighted by molar-refractivity contribution is 8.00. The summed E-state index contributed by atoms with van der Waals surface area (Å²) in [4.78, 5) is 68.9. The van der Waals surface area contributed by atoms with Gasteiger partial charge in [0, 0.05) is 12.2 Å². The fourth-order valence-corrected chi connectivity index (χ4v) is 2.96. The smallest absolute Gasteiger partial charge is 0.375 e. The number of Topliss-reactive ketones (excluding diaryl/α,β-unsaturated/α-hetero) is 1. The maximum atomic E-state index is 12.1. The van der Waals surface area contributed by atoms with Crippen molar-refractivity contribution in [3.05, 3.63) is 0 Å². The van der Waals surface area contributed by atoms with Crippen LogP contribution in [0.5, 0.6) is 0 Å². The molecule has 0 aromatic rings. The highest BCUT2D eigenvalue weighted by atomic mass is 32.2. The molecule has 0 saturated carbocycles. The molecule has 0 spiro atoms. The predicted molar refractivity (Wildman–Crippen MR) is 110 cm³/mol. The van der Waals surface area contributed by atoms with Crippen LogP contribution in [-0.2, 0) is 33.5 Å². The summed E-state index contributed by atoms with van der Waals surface area (Å²) in [5.74, 6) is -6.26. The van der Waals surface area contributed by atoms with Gasteiger partial charge in [0.05, 0.1) is 12.4 Å². The molecule has 0 heterocycles. The molecular weight excluding hydrogens is 434 g/mol. The molecule has 12 nitrogen and oxygen atoms in total. The van der Waals surface area contributed by atoms with E-state index in [2.05, 4.69) is 10.6 Å². The average molecular weight is 464 g/mol. The van der Waals surface area contributed by atoms with Crippen LogP contribution < -0.4 is 16.4 Å². The third kappa shape index (κ3) is 14.0. The largest absolute Gasteiger partial charge is 0.480 e. The van der Waals surface area contributed by atoms with E-state index in [0.29, 0.717) is 6.42 Å². The van der Waals surface area contributed by atoms with E-state index >= 15 is 0 Å². The Morgan fingerprint density at radius 1 is 1.10 bits per heavy atom. The Bertz CT molecular complexity index is 657. The minimum atomic E-state index is -1.29. The Labute approximate surface area is 183 Å². The van der Waals surface area contributed by atoms with Crippen LogP contribution in [0.3, 0.4) is 0 Å². The molecule has 2 amide bonds. The van der Waals surface area contributed by atoms with Crippen molar-refractivity contribution in [2.75, 3.05) is 24.7 Å². The van der Waals surface area contributed by atoms with Gasteiger partial charge in [0.1, 0.15) is 18.6 Å². The van der Waals surface area contributed by atoms with Gasteiger partial charge in [-0.25, -0.2) is 4.79 Å². The lowest BCUT2D eigenvalue weighted by Gasteiger charge is -2.18. The zero-order valence-corrected chi connectivity index (χ0v) is 18.1. The second-order valence-corrected chi connectivity index (χ2v) is 7.53. The van der Waals surface area contributed by atoms with Gasteiger partial charge in [0.25, 0.3) is 0 Å². The Morgan fingerprint density at radius 2 is 1.77 bits per heavy atom. The minimum Gasteiger partial charge on any atom is -0.480 e. The minimum absolute atomic E-state index is 0.128. The second kappa shape index (κ2) is 16.1. The summed E-state index contributed by atoms with van der Waals surface area (Å²) in [6.45, 7) is 1.44. The average Bonchev–Trinajstić information content (AvgIpc) is 2.71. The van der Waals surface area contributed by atoms with Crippen LogP contribution in [0.2, 0.25) is 0 Å². The number of carboxylic acids is 2. The number of ketones is 1. The number of nitrogens with one attached hydrogen (secondary N) is 2. The van der Waals surface area contributed by atoms with Crippen molar-refractivity contribution in [1.29, 1.82) is 0 Å². The number of hydrogen-bond donors (Lipinski definition) is 5. The van der Waals surface area contributed by atoms with E-state index < -0.39 is 54.1 Å². The molecule has 0 radical (unpaired) electrons. The molecule has 0 aliphatic rings. The van der Waals surface area contributed by atoms with Gasteiger partial charge in [-0.2, -0.15) is 11.8 Å². The number of esters is 1. The highest BCUT2D eigenvalue weighted by Crippen LogP contribution is 2.06. The van der Waals surface area contributed by atoms with E-state index in [0.717, 1.165) is 24.6 Å². The number of aliphatic carboxylic acids is 2. The highest BCUT2D eigenvalue weighted by Gasteiger charge is 2.24. The number of ether oxygens (including phenoxy) is 1. The predicted octanol–water partition coefficient (Wildman–Crippen LogP) is -1.10. The zero-order valence-electron chi connectivity index (χ0n) is 17.3. The maximum absolute atomic E-state index is 12.1. The molecule has 31 heavy (non-hydrogen) atoms. The molecular formula is C18H29N3O9S. The lowest BCUT2D eigenvalue weighted by molar-refractivity contribution is -0.152. The van der Waals surface area contributed by atoms with Crippen molar-refractivity contribution in [2.24, 2.45) is 5.73 Å². The van der Waals surface area contributed by atoms with E-state index in [4.69, 9.17) is 20.7 Å². The first kappa shape index (κ1) is 28.3. The summed E-state index contributed by atoms with van der Waals surface area (Å²) in [5, 5.41) is 21.9. The molecule has 2 unspecified atom stereocenters. The van der Waals surface area contributed by atoms with Crippen molar-refractivity contribution in [3.63, 3.8) is 0 Å². The first-order valence-electron chi connectivity index (χ1n) is 9.63. The van der Waals surface area contributed by atoms with Crippen LogP contribution >= 0.6 is 11.8 Å². The first-order chi connectivity index (χ1) is 14.6. The van der Waals surface area contributed by atoms with E-state index in [9.17, 15) is 28.8 Å². The molecule has 0 saturated heterocycles. The van der Waals surface area contributed by atoms with Crippen molar-refractivity contribution >= 4 is 47.3 Å². The van der Waals surface area contributed by atoms with Gasteiger partial charge in [0.15, 0.2) is 0 Å². The van der Waals surface area contributed by atoms with Crippen LogP contribution in [-0.4, -0.2) is 82.5 Å². The standard InChI is InChI=1S/C18H29N3O9S/c1-2-3-4-7-30-18(29)13(22)10-31-9-12(16(26)20-8-15(24)25)21-14(23)6-5-11(19)17(27)28/h11-12H,2-10,19H2,1H3,(H,20,26)(H,21,23)(H,24,25)(H,27,28). The van der Waals surface area contributed by atoms with E-state index in [1.165, 1.54) is 0 Å². The van der Waals surface area contributed by atoms with Gasteiger partial charge in [-0.05, 0) is 12.8 Å². The maximum Gasteiger partial charge on any atom is 0.375 e. The second-order valence-electron chi connectivity index (χ2n) is 6.50. The summed E-state index contributed by atoms with van der Waals surface area (Å²) in [7, 11) is 0. The van der Waals surface area contributed by atoms with Crippen LogP contribution in [0, 0.1) is 0 Å². The molecule has 0 fully saturated rings. The van der Waals surface area contributed by atoms with Gasteiger partial charge in [-0.3, -0.25) is 24.0 Å². The van der Waals surface area contributed by atoms with Crippen molar-refractivity contribution in [2.45, 2.75) is 51.1 Å². The number of unbranched alkanes of at least 4 members (excludes halogenated alkanes) is 2. The molecule has 0 aromatic carbocycles. The molecule has 0 bridgehead atoms. The number of amides is 2. The molecule has 0 aliphatic heterocycles. The van der Waals surface area contributed by atoms with Gasteiger partial charge < -0.3 is 31.3 Å². The number of nitrogens with two attached hydrogens (primary N) is 1. The fourth-order valence-electron chi connectivity index (χ4n) is 2.07. The van der Waals surface area contributed by atoms with E-state index in [1.807, 2.05) is 6.92 Å². The molecule has 0 aromatic heterocycles. The number of carbonyl (C=O) groups is 6. The van der Waals surface area contributed by atoms with Gasteiger partial charge >= 0.3 is 17.9 Å². The van der Waals surface area contributed by atoms with Crippen molar-refractivity contribution in [1.82, 2.24) is 10.6 Å². The third-order valence-electron chi connectivity index (χ3n) is 3.79. The Hall–Kier alpha value is -2.67. The Morgan fingerprint density at radius 3 is 2.35 bits per heavy atom. The lowest BCUT2D eigenvalue weighted by Crippen LogP contribution is -2.49. The molecule has 0 rings (SSSR count). The van der Waals surface area contributed by atoms with Gasteiger partial charge in [0.2, 0.25) is 17.6 Å².